The van der Waals surface area contributed by atoms with Crippen LogP contribution in [0.2, 0.25) is 0 Å². The molecule has 38 heavy (non-hydrogen) atoms. The predicted octanol–water partition coefficient (Wildman–Crippen LogP) is 6.43. The van der Waals surface area contributed by atoms with Crippen molar-refractivity contribution in [2.24, 2.45) is 5.92 Å². The van der Waals surface area contributed by atoms with E-state index in [1.165, 1.54) is 0 Å². The molecule has 0 radical (unpaired) electrons. The number of fused-ring (bicyclic) bond motifs is 1. The fourth-order valence-electron chi connectivity index (χ4n) is 4.51. The smallest absolute Gasteiger partial charge is 0.254 e. The molecule has 0 bridgehead atoms. The summed E-state index contributed by atoms with van der Waals surface area (Å²) in [7, 11) is 0. The molecule has 1 aromatic heterocycles. The van der Waals surface area contributed by atoms with Crippen molar-refractivity contribution in [3.8, 4) is 16.9 Å². The first-order chi connectivity index (χ1) is 18.5. The van der Waals surface area contributed by atoms with Gasteiger partial charge in [-0.25, -0.2) is 4.68 Å². The molecule has 6 heteroatoms. The summed E-state index contributed by atoms with van der Waals surface area (Å²) in [5.41, 5.74) is 3.09. The van der Waals surface area contributed by atoms with Crippen molar-refractivity contribution in [2.75, 3.05) is 18.4 Å². The van der Waals surface area contributed by atoms with Gasteiger partial charge in [-0.2, -0.15) is 5.10 Å². The van der Waals surface area contributed by atoms with Crippen molar-refractivity contribution in [2.45, 2.75) is 13.8 Å². The van der Waals surface area contributed by atoms with Crippen LogP contribution in [0.1, 0.15) is 24.2 Å². The molecule has 0 aliphatic carbocycles. The number of para-hydroxylation sites is 1. The first-order valence-electron chi connectivity index (χ1n) is 12.8. The quantitative estimate of drug-likeness (QED) is 0.266. The van der Waals surface area contributed by atoms with Gasteiger partial charge in [0.1, 0.15) is 12.4 Å². The third-order valence-electron chi connectivity index (χ3n) is 6.25. The van der Waals surface area contributed by atoms with E-state index in [1.54, 1.807) is 9.58 Å². The highest BCUT2D eigenvalue weighted by Crippen LogP contribution is 2.25. The summed E-state index contributed by atoms with van der Waals surface area (Å²) in [5.74, 6) is 0.298. The van der Waals surface area contributed by atoms with Crippen molar-refractivity contribution in [3.63, 3.8) is 0 Å². The highest BCUT2D eigenvalue weighted by molar-refractivity contribution is 6.01. The molecule has 2 amide bonds. The molecular weight excluding hydrogens is 472 g/mol. The number of nitrogens with zero attached hydrogens (tertiary/aromatic N) is 3. The van der Waals surface area contributed by atoms with E-state index in [9.17, 15) is 9.59 Å². The van der Waals surface area contributed by atoms with E-state index in [2.05, 4.69) is 5.32 Å². The van der Waals surface area contributed by atoms with Crippen molar-refractivity contribution in [1.29, 1.82) is 0 Å². The van der Waals surface area contributed by atoms with Crippen LogP contribution in [0.3, 0.4) is 0 Å². The van der Waals surface area contributed by atoms with Crippen LogP contribution in [-0.4, -0.2) is 39.6 Å². The molecule has 0 fully saturated rings. The number of hydrogen-bond acceptors (Lipinski definition) is 3. The molecule has 0 saturated carbocycles. The Morgan fingerprint density at radius 3 is 2.18 bits per heavy atom. The van der Waals surface area contributed by atoms with Crippen LogP contribution in [0.4, 0.5) is 5.82 Å². The van der Waals surface area contributed by atoms with E-state index in [4.69, 9.17) is 5.10 Å². The highest BCUT2D eigenvalue weighted by atomic mass is 16.2. The third kappa shape index (κ3) is 5.65. The number of rotatable bonds is 8. The number of amides is 2. The molecule has 0 saturated heterocycles. The van der Waals surface area contributed by atoms with E-state index >= 15 is 0 Å². The average Bonchev–Trinajstić information content (AvgIpc) is 3.36. The number of anilines is 1. The van der Waals surface area contributed by atoms with Gasteiger partial charge in [-0.15, -0.1) is 0 Å². The fourth-order valence-corrected chi connectivity index (χ4v) is 4.51. The van der Waals surface area contributed by atoms with E-state index in [0.29, 0.717) is 17.9 Å². The lowest BCUT2D eigenvalue weighted by atomic mass is 10.1. The Balaban J connectivity index is 1.41. The first kappa shape index (κ1) is 25.0. The molecule has 4 aromatic carbocycles. The molecular formula is C32H30N4O2. The van der Waals surface area contributed by atoms with Crippen LogP contribution in [-0.2, 0) is 4.79 Å². The molecule has 0 aliphatic heterocycles. The van der Waals surface area contributed by atoms with Crippen LogP contribution >= 0.6 is 0 Å². The highest BCUT2D eigenvalue weighted by Gasteiger charge is 2.22. The molecule has 0 aliphatic rings. The van der Waals surface area contributed by atoms with Crippen LogP contribution in [0.25, 0.3) is 27.7 Å². The molecule has 0 unspecified atom stereocenters. The van der Waals surface area contributed by atoms with Gasteiger partial charge in [-0.1, -0.05) is 92.7 Å². The van der Waals surface area contributed by atoms with Gasteiger partial charge in [0.25, 0.3) is 5.91 Å². The summed E-state index contributed by atoms with van der Waals surface area (Å²) in [5, 5.41) is 9.83. The van der Waals surface area contributed by atoms with Gasteiger partial charge < -0.3 is 10.2 Å². The molecule has 1 N–H and O–H groups in total. The van der Waals surface area contributed by atoms with Gasteiger partial charge in [0, 0.05) is 23.7 Å². The van der Waals surface area contributed by atoms with Crippen LogP contribution in [0.5, 0.6) is 0 Å². The van der Waals surface area contributed by atoms with Crippen LogP contribution in [0.15, 0.2) is 109 Å². The molecule has 190 valence electrons. The summed E-state index contributed by atoms with van der Waals surface area (Å²) in [4.78, 5) is 28.5. The number of carbonyl (C=O) groups excluding carboxylic acids is 2. The van der Waals surface area contributed by atoms with Gasteiger partial charge >= 0.3 is 0 Å². The van der Waals surface area contributed by atoms with Crippen molar-refractivity contribution >= 4 is 28.4 Å². The minimum absolute atomic E-state index is 0.0650. The Morgan fingerprint density at radius 1 is 0.816 bits per heavy atom. The summed E-state index contributed by atoms with van der Waals surface area (Å²) >= 11 is 0. The maximum Gasteiger partial charge on any atom is 0.254 e. The normalized spacial score (nSPS) is 11.0. The number of hydrogen-bond donors (Lipinski definition) is 1. The van der Waals surface area contributed by atoms with Crippen LogP contribution in [0, 0.1) is 5.92 Å². The zero-order valence-electron chi connectivity index (χ0n) is 21.5. The predicted molar refractivity (Wildman–Crippen MR) is 152 cm³/mol. The van der Waals surface area contributed by atoms with Crippen molar-refractivity contribution in [1.82, 2.24) is 14.7 Å². The zero-order chi connectivity index (χ0) is 26.5. The Morgan fingerprint density at radius 2 is 1.47 bits per heavy atom. The standard InChI is InChI=1S/C32H30N4O2/c1-23(2)21-35(32(38)27-18-17-24-11-9-10-14-26(24)19-27)22-31(37)33-30-20-29(25-12-5-3-6-13-25)34-36(30)28-15-7-4-8-16-28/h3-20,23H,21-22H2,1-2H3,(H,33,37). The Bertz CT molecular complexity index is 1560. The number of nitrogens with one attached hydrogen (secondary N) is 1. The molecule has 0 atom stereocenters. The van der Waals surface area contributed by atoms with Gasteiger partial charge in [0.05, 0.1) is 11.4 Å². The number of benzene rings is 4. The van der Waals surface area contributed by atoms with Crippen LogP contribution < -0.4 is 5.32 Å². The lowest BCUT2D eigenvalue weighted by Gasteiger charge is -2.24. The second-order valence-electron chi connectivity index (χ2n) is 9.72. The lowest BCUT2D eigenvalue weighted by Crippen LogP contribution is -2.40. The Hall–Kier alpha value is -4.71. The minimum Gasteiger partial charge on any atom is -0.329 e. The molecule has 5 rings (SSSR count). The lowest BCUT2D eigenvalue weighted by molar-refractivity contribution is -0.117. The molecule has 6 nitrogen and oxygen atoms in total. The maximum absolute atomic E-state index is 13.5. The van der Waals surface area contributed by atoms with E-state index in [0.717, 1.165) is 27.7 Å². The summed E-state index contributed by atoms with van der Waals surface area (Å²) < 4.78 is 1.72. The summed E-state index contributed by atoms with van der Waals surface area (Å²) in [6.45, 7) is 4.47. The summed E-state index contributed by atoms with van der Waals surface area (Å²) in [6, 6.07) is 34.9. The maximum atomic E-state index is 13.5. The Kier molecular flexibility index (Phi) is 7.31. The van der Waals surface area contributed by atoms with Crippen molar-refractivity contribution < 1.29 is 9.59 Å². The topological polar surface area (TPSA) is 67.2 Å². The Labute approximate surface area is 222 Å². The molecule has 0 spiro atoms. The average molecular weight is 503 g/mol. The molecule has 1 heterocycles. The number of carbonyl (C=O) groups is 2. The monoisotopic (exact) mass is 502 g/mol. The fraction of sp³-hybridized carbons (Fsp3) is 0.156. The summed E-state index contributed by atoms with van der Waals surface area (Å²) in [6.07, 6.45) is 0. The minimum atomic E-state index is -0.281. The molecule has 5 aromatic rings. The number of aromatic nitrogens is 2. The van der Waals surface area contributed by atoms with Gasteiger partial charge in [-0.05, 0) is 41.0 Å². The van der Waals surface area contributed by atoms with E-state index in [-0.39, 0.29) is 24.3 Å². The third-order valence-corrected chi connectivity index (χ3v) is 6.25. The van der Waals surface area contributed by atoms with Crippen molar-refractivity contribution in [3.05, 3.63) is 115 Å². The van der Waals surface area contributed by atoms with Gasteiger partial charge in [0.2, 0.25) is 5.91 Å². The largest absolute Gasteiger partial charge is 0.329 e. The van der Waals surface area contributed by atoms with Gasteiger partial charge in [0.15, 0.2) is 0 Å². The first-order valence-corrected chi connectivity index (χ1v) is 12.8. The SMILES string of the molecule is CC(C)CN(CC(=O)Nc1cc(-c2ccccc2)nn1-c1ccccc1)C(=O)c1ccc2ccccc2c1. The van der Waals surface area contributed by atoms with E-state index < -0.39 is 0 Å². The zero-order valence-corrected chi connectivity index (χ0v) is 21.5. The van der Waals surface area contributed by atoms with Gasteiger partial charge in [-0.3, -0.25) is 9.59 Å². The second-order valence-corrected chi connectivity index (χ2v) is 9.72. The van der Waals surface area contributed by atoms with E-state index in [1.807, 2.05) is 123 Å². The second kappa shape index (κ2) is 11.1.